The van der Waals surface area contributed by atoms with Crippen molar-refractivity contribution >= 4 is 11.5 Å². The molecule has 108 valence electrons. The summed E-state index contributed by atoms with van der Waals surface area (Å²) < 4.78 is 1.98. The normalized spacial score (nSPS) is 10.8. The van der Waals surface area contributed by atoms with Gasteiger partial charge >= 0.3 is 0 Å². The third kappa shape index (κ3) is 2.70. The molecule has 1 aromatic heterocycles. The second-order valence-electron chi connectivity index (χ2n) is 5.12. The smallest absolute Gasteiger partial charge is 0.135 e. The molecule has 0 saturated heterocycles. The van der Waals surface area contributed by atoms with Gasteiger partial charge in [-0.2, -0.15) is 5.10 Å². The predicted octanol–water partition coefficient (Wildman–Crippen LogP) is 2.91. The van der Waals surface area contributed by atoms with E-state index >= 15 is 0 Å². The van der Waals surface area contributed by atoms with Crippen LogP contribution >= 0.6 is 0 Å². The Hall–Kier alpha value is -1.81. The van der Waals surface area contributed by atoms with Crippen molar-refractivity contribution in [2.24, 2.45) is 7.05 Å². The molecule has 0 spiro atoms. The molecule has 2 rings (SSSR count). The van der Waals surface area contributed by atoms with Crippen LogP contribution in [0.4, 0.5) is 11.5 Å². The molecule has 4 nitrogen and oxygen atoms in total. The van der Waals surface area contributed by atoms with E-state index in [4.69, 9.17) is 0 Å². The summed E-state index contributed by atoms with van der Waals surface area (Å²) in [4.78, 5) is 2.31. The van der Waals surface area contributed by atoms with E-state index < -0.39 is 0 Å². The molecule has 0 amide bonds. The van der Waals surface area contributed by atoms with E-state index in [0.29, 0.717) is 0 Å². The molecule has 0 fully saturated rings. The lowest BCUT2D eigenvalue weighted by atomic mass is 10.2. The molecule has 0 bridgehead atoms. The van der Waals surface area contributed by atoms with Gasteiger partial charge in [0.2, 0.25) is 0 Å². The fourth-order valence-corrected chi connectivity index (χ4v) is 2.59. The number of rotatable bonds is 5. The summed E-state index contributed by atoms with van der Waals surface area (Å²) in [6, 6.07) is 8.65. The van der Waals surface area contributed by atoms with Crippen LogP contribution in [0.25, 0.3) is 0 Å². The SMILES string of the molecule is CCN(c1ccc(C)cc1)c1c(CNC)c(C)nn1C. The highest BCUT2D eigenvalue weighted by Crippen LogP contribution is 2.30. The monoisotopic (exact) mass is 272 g/mol. The molecule has 20 heavy (non-hydrogen) atoms. The maximum atomic E-state index is 4.58. The highest BCUT2D eigenvalue weighted by Gasteiger charge is 2.19. The van der Waals surface area contributed by atoms with Crippen molar-refractivity contribution in [2.45, 2.75) is 27.3 Å². The third-order valence-electron chi connectivity index (χ3n) is 3.58. The van der Waals surface area contributed by atoms with Crippen molar-refractivity contribution in [3.8, 4) is 0 Å². The van der Waals surface area contributed by atoms with Gasteiger partial charge in [0, 0.05) is 31.4 Å². The van der Waals surface area contributed by atoms with E-state index in [1.54, 1.807) is 0 Å². The van der Waals surface area contributed by atoms with Gasteiger partial charge in [0.1, 0.15) is 5.82 Å². The van der Waals surface area contributed by atoms with E-state index in [9.17, 15) is 0 Å². The zero-order valence-electron chi connectivity index (χ0n) is 13.1. The number of benzene rings is 1. The molecule has 1 heterocycles. The number of anilines is 2. The van der Waals surface area contributed by atoms with Gasteiger partial charge in [-0.05, 0) is 40.0 Å². The van der Waals surface area contributed by atoms with Crippen molar-refractivity contribution < 1.29 is 0 Å². The van der Waals surface area contributed by atoms with E-state index in [2.05, 4.69) is 60.4 Å². The van der Waals surface area contributed by atoms with Crippen LogP contribution in [-0.4, -0.2) is 23.4 Å². The summed E-state index contributed by atoms with van der Waals surface area (Å²) >= 11 is 0. The highest BCUT2D eigenvalue weighted by molar-refractivity contribution is 5.64. The summed E-state index contributed by atoms with van der Waals surface area (Å²) in [6.07, 6.45) is 0. The van der Waals surface area contributed by atoms with E-state index in [1.807, 2.05) is 18.8 Å². The van der Waals surface area contributed by atoms with Crippen LogP contribution in [0.2, 0.25) is 0 Å². The van der Waals surface area contributed by atoms with Gasteiger partial charge in [-0.1, -0.05) is 17.7 Å². The van der Waals surface area contributed by atoms with E-state index in [0.717, 1.165) is 18.8 Å². The zero-order chi connectivity index (χ0) is 14.7. The van der Waals surface area contributed by atoms with Crippen LogP contribution in [0.1, 0.15) is 23.7 Å². The van der Waals surface area contributed by atoms with Crippen molar-refractivity contribution in [2.75, 3.05) is 18.5 Å². The molecule has 0 unspecified atom stereocenters. The van der Waals surface area contributed by atoms with Crippen molar-refractivity contribution in [1.82, 2.24) is 15.1 Å². The number of nitrogens with zero attached hydrogens (tertiary/aromatic N) is 3. The molecule has 0 saturated carbocycles. The minimum Gasteiger partial charge on any atom is -0.327 e. The first-order valence-corrected chi connectivity index (χ1v) is 7.09. The van der Waals surface area contributed by atoms with Crippen LogP contribution in [-0.2, 0) is 13.6 Å². The van der Waals surface area contributed by atoms with Crippen molar-refractivity contribution in [3.63, 3.8) is 0 Å². The van der Waals surface area contributed by atoms with Gasteiger partial charge in [-0.15, -0.1) is 0 Å². The Kier molecular flexibility index (Phi) is 4.45. The molecule has 0 aliphatic heterocycles. The average Bonchev–Trinajstić information content (AvgIpc) is 2.69. The van der Waals surface area contributed by atoms with E-state index in [-0.39, 0.29) is 0 Å². The topological polar surface area (TPSA) is 33.1 Å². The molecule has 1 N–H and O–H groups in total. The minimum atomic E-state index is 0.831. The molecule has 0 aliphatic carbocycles. The molecule has 2 aromatic rings. The maximum absolute atomic E-state index is 4.58. The number of aromatic nitrogens is 2. The van der Waals surface area contributed by atoms with Gasteiger partial charge in [-0.3, -0.25) is 4.68 Å². The number of aryl methyl sites for hydroxylation is 3. The predicted molar refractivity (Wildman–Crippen MR) is 84.6 cm³/mol. The van der Waals surface area contributed by atoms with Crippen LogP contribution in [0, 0.1) is 13.8 Å². The maximum Gasteiger partial charge on any atom is 0.135 e. The fourth-order valence-electron chi connectivity index (χ4n) is 2.59. The van der Waals surface area contributed by atoms with Gasteiger partial charge in [0.25, 0.3) is 0 Å². The number of nitrogens with one attached hydrogen (secondary N) is 1. The standard InChI is InChI=1S/C16H24N4/c1-6-20(14-9-7-12(2)8-10-14)16-15(11-17-4)13(3)18-19(16)5/h7-10,17H,6,11H2,1-5H3. The third-order valence-corrected chi connectivity index (χ3v) is 3.58. The first-order valence-electron chi connectivity index (χ1n) is 7.09. The molecular weight excluding hydrogens is 248 g/mol. The first-order chi connectivity index (χ1) is 9.58. The van der Waals surface area contributed by atoms with E-state index in [1.165, 1.54) is 22.6 Å². The fraction of sp³-hybridized carbons (Fsp3) is 0.438. The minimum absolute atomic E-state index is 0.831. The lowest BCUT2D eigenvalue weighted by Crippen LogP contribution is -2.21. The largest absolute Gasteiger partial charge is 0.327 e. The molecular formula is C16H24N4. The second-order valence-corrected chi connectivity index (χ2v) is 5.12. The molecule has 0 radical (unpaired) electrons. The Labute approximate surface area is 121 Å². The quantitative estimate of drug-likeness (QED) is 0.908. The van der Waals surface area contributed by atoms with Crippen LogP contribution in [0.3, 0.4) is 0 Å². The van der Waals surface area contributed by atoms with Crippen LogP contribution in [0.5, 0.6) is 0 Å². The van der Waals surface area contributed by atoms with Crippen LogP contribution < -0.4 is 10.2 Å². The van der Waals surface area contributed by atoms with Crippen LogP contribution in [0.15, 0.2) is 24.3 Å². The summed E-state index contributed by atoms with van der Waals surface area (Å²) in [6.45, 7) is 8.10. The summed E-state index contributed by atoms with van der Waals surface area (Å²) in [7, 11) is 3.98. The van der Waals surface area contributed by atoms with Crippen molar-refractivity contribution in [1.29, 1.82) is 0 Å². The second kappa shape index (κ2) is 6.09. The Balaban J connectivity index is 2.48. The molecule has 0 atom stereocenters. The zero-order valence-corrected chi connectivity index (χ0v) is 13.1. The van der Waals surface area contributed by atoms with Gasteiger partial charge in [0.15, 0.2) is 0 Å². The van der Waals surface area contributed by atoms with Gasteiger partial charge in [0.05, 0.1) is 5.69 Å². The Morgan fingerprint density at radius 2 is 1.85 bits per heavy atom. The molecule has 4 heteroatoms. The Morgan fingerprint density at radius 3 is 2.40 bits per heavy atom. The number of hydrogen-bond acceptors (Lipinski definition) is 3. The molecule has 1 aromatic carbocycles. The lowest BCUT2D eigenvalue weighted by molar-refractivity contribution is 0.740. The summed E-state index contributed by atoms with van der Waals surface area (Å²) in [5, 5.41) is 7.81. The summed E-state index contributed by atoms with van der Waals surface area (Å²) in [5.74, 6) is 1.17. The lowest BCUT2D eigenvalue weighted by Gasteiger charge is -2.25. The Morgan fingerprint density at radius 1 is 1.20 bits per heavy atom. The highest BCUT2D eigenvalue weighted by atomic mass is 15.4. The van der Waals surface area contributed by atoms with Gasteiger partial charge in [-0.25, -0.2) is 0 Å². The first kappa shape index (κ1) is 14.6. The van der Waals surface area contributed by atoms with Gasteiger partial charge < -0.3 is 10.2 Å². The van der Waals surface area contributed by atoms with Crippen molar-refractivity contribution in [3.05, 3.63) is 41.1 Å². The Bertz CT molecular complexity index is 569. The molecule has 0 aliphatic rings. The average molecular weight is 272 g/mol. The number of hydrogen-bond donors (Lipinski definition) is 1. The summed E-state index contributed by atoms with van der Waals surface area (Å²) in [5.41, 5.74) is 4.83.